The minimum atomic E-state index is -0.711. The summed E-state index contributed by atoms with van der Waals surface area (Å²) in [6.07, 6.45) is 2.78. The first-order valence-corrected chi connectivity index (χ1v) is 7.94. The molecule has 5 nitrogen and oxygen atoms in total. The van der Waals surface area contributed by atoms with E-state index in [0.29, 0.717) is 18.8 Å². The first-order valence-electron chi connectivity index (χ1n) is 7.94. The number of piperidine rings is 1. The van der Waals surface area contributed by atoms with E-state index in [1.807, 2.05) is 11.0 Å². The maximum atomic E-state index is 14.2. The fourth-order valence-corrected chi connectivity index (χ4v) is 2.96. The molecule has 0 bridgehead atoms. The molecule has 0 aliphatic carbocycles. The molecule has 1 fully saturated rings. The van der Waals surface area contributed by atoms with E-state index in [1.54, 1.807) is 12.1 Å². The molecule has 1 atom stereocenters. The molecule has 1 amide bonds. The Bertz CT molecular complexity index is 834. The van der Waals surface area contributed by atoms with Crippen LogP contribution in [0.15, 0.2) is 36.5 Å². The number of carbonyl (C=O) groups excluding carboxylic acids is 1. The molecule has 1 aromatic carbocycles. The fraction of sp³-hybridized carbons (Fsp3) is 0.278. The summed E-state index contributed by atoms with van der Waals surface area (Å²) in [5.74, 6) is -1.55. The van der Waals surface area contributed by atoms with Crippen molar-refractivity contribution in [1.82, 2.24) is 10.3 Å². The smallest absolute Gasteiger partial charge is 0.251 e. The van der Waals surface area contributed by atoms with Gasteiger partial charge in [-0.15, -0.1) is 0 Å². The van der Waals surface area contributed by atoms with Crippen molar-refractivity contribution in [2.75, 3.05) is 18.0 Å². The van der Waals surface area contributed by atoms with Crippen LogP contribution in [-0.2, 0) is 0 Å². The van der Waals surface area contributed by atoms with Gasteiger partial charge >= 0.3 is 0 Å². The topological polar surface area (TPSA) is 69.0 Å². The molecular weight excluding hydrogens is 326 g/mol. The van der Waals surface area contributed by atoms with Crippen LogP contribution in [0.3, 0.4) is 0 Å². The lowest BCUT2D eigenvalue weighted by atomic mass is 10.0. The molecule has 7 heteroatoms. The van der Waals surface area contributed by atoms with Crippen LogP contribution in [0.1, 0.15) is 28.8 Å². The summed E-state index contributed by atoms with van der Waals surface area (Å²) >= 11 is 0. The lowest BCUT2D eigenvalue weighted by Gasteiger charge is -2.35. The lowest BCUT2D eigenvalue weighted by molar-refractivity contribution is 0.0932. The van der Waals surface area contributed by atoms with Crippen molar-refractivity contribution in [2.45, 2.75) is 18.9 Å². The molecule has 0 saturated carbocycles. The van der Waals surface area contributed by atoms with Gasteiger partial charge in [0.2, 0.25) is 5.95 Å². The Labute approximate surface area is 143 Å². The number of benzene rings is 1. The molecule has 1 aliphatic rings. The zero-order chi connectivity index (χ0) is 17.8. The highest BCUT2D eigenvalue weighted by Gasteiger charge is 2.24. The zero-order valence-electron chi connectivity index (χ0n) is 13.4. The second-order valence-corrected chi connectivity index (χ2v) is 5.90. The number of aromatic nitrogens is 1. The predicted octanol–water partition coefficient (Wildman–Crippen LogP) is 2.63. The van der Waals surface area contributed by atoms with Gasteiger partial charge in [0.05, 0.1) is 17.3 Å². The van der Waals surface area contributed by atoms with E-state index in [0.717, 1.165) is 18.9 Å². The number of anilines is 1. The molecular formula is C18H16F2N4O. The van der Waals surface area contributed by atoms with Gasteiger partial charge in [0.1, 0.15) is 5.82 Å². The van der Waals surface area contributed by atoms with Crippen molar-refractivity contribution in [3.8, 4) is 6.07 Å². The van der Waals surface area contributed by atoms with Crippen LogP contribution >= 0.6 is 0 Å². The zero-order valence-corrected chi connectivity index (χ0v) is 13.4. The third kappa shape index (κ3) is 3.91. The van der Waals surface area contributed by atoms with Crippen molar-refractivity contribution in [2.24, 2.45) is 0 Å². The second kappa shape index (κ2) is 7.26. The van der Waals surface area contributed by atoms with Crippen molar-refractivity contribution in [1.29, 1.82) is 5.26 Å². The summed E-state index contributed by atoms with van der Waals surface area (Å²) in [7, 11) is 0. The predicted molar refractivity (Wildman–Crippen MR) is 88.0 cm³/mol. The highest BCUT2D eigenvalue weighted by Crippen LogP contribution is 2.24. The van der Waals surface area contributed by atoms with Crippen molar-refractivity contribution in [3.63, 3.8) is 0 Å². The minimum absolute atomic E-state index is 0.174. The Morgan fingerprint density at radius 2 is 2.16 bits per heavy atom. The van der Waals surface area contributed by atoms with Crippen molar-refractivity contribution >= 4 is 11.6 Å². The summed E-state index contributed by atoms with van der Waals surface area (Å²) in [5.41, 5.74) is 0.880. The molecule has 2 heterocycles. The normalized spacial score (nSPS) is 17.0. The molecule has 0 spiro atoms. The van der Waals surface area contributed by atoms with E-state index < -0.39 is 11.8 Å². The number of halogens is 2. The molecule has 1 N–H and O–H groups in total. The highest BCUT2D eigenvalue weighted by molar-refractivity contribution is 5.94. The Morgan fingerprint density at radius 3 is 2.88 bits per heavy atom. The maximum absolute atomic E-state index is 14.2. The lowest BCUT2D eigenvalue weighted by Crippen LogP contribution is -2.48. The molecule has 0 radical (unpaired) electrons. The molecule has 3 rings (SSSR count). The van der Waals surface area contributed by atoms with Crippen LogP contribution in [0.2, 0.25) is 0 Å². The Balaban J connectivity index is 1.69. The van der Waals surface area contributed by atoms with E-state index in [-0.39, 0.29) is 23.1 Å². The standard InChI is InChI=1S/C18H16F2N4O/c19-15-8-12(10-21)3-4-16(15)24-7-1-2-14(11-24)23-18(25)13-5-6-22-17(20)9-13/h3-6,8-9,14H,1-2,7,11H2,(H,23,25)/t14-/m1/s1. The van der Waals surface area contributed by atoms with E-state index in [9.17, 15) is 13.6 Å². The minimum Gasteiger partial charge on any atom is -0.367 e. The van der Waals surface area contributed by atoms with E-state index in [4.69, 9.17) is 5.26 Å². The van der Waals surface area contributed by atoms with E-state index in [1.165, 1.54) is 18.3 Å². The van der Waals surface area contributed by atoms with Crippen LogP contribution < -0.4 is 10.2 Å². The SMILES string of the molecule is N#Cc1ccc(N2CCC[C@@H](NC(=O)c3ccnc(F)c3)C2)c(F)c1. The van der Waals surface area contributed by atoms with Crippen molar-refractivity contribution < 1.29 is 13.6 Å². The largest absolute Gasteiger partial charge is 0.367 e. The van der Waals surface area contributed by atoms with Gasteiger partial charge in [-0.1, -0.05) is 0 Å². The van der Waals surface area contributed by atoms with Crippen LogP contribution in [0.25, 0.3) is 0 Å². The summed E-state index contributed by atoms with van der Waals surface area (Å²) in [6.45, 7) is 1.11. The first kappa shape index (κ1) is 16.8. The monoisotopic (exact) mass is 342 g/mol. The van der Waals surface area contributed by atoms with Crippen LogP contribution in [0.5, 0.6) is 0 Å². The maximum Gasteiger partial charge on any atom is 0.251 e. The third-order valence-corrected chi connectivity index (χ3v) is 4.16. The van der Waals surface area contributed by atoms with Gasteiger partial charge in [0.25, 0.3) is 5.91 Å². The van der Waals surface area contributed by atoms with Gasteiger partial charge in [0, 0.05) is 37.0 Å². The molecule has 25 heavy (non-hydrogen) atoms. The Hall–Kier alpha value is -3.01. The number of pyridine rings is 1. The average Bonchev–Trinajstić information content (AvgIpc) is 2.61. The Kier molecular flexibility index (Phi) is 4.89. The fourth-order valence-electron chi connectivity index (χ4n) is 2.96. The number of hydrogen-bond acceptors (Lipinski definition) is 4. The number of rotatable bonds is 3. The average molecular weight is 342 g/mol. The summed E-state index contributed by atoms with van der Waals surface area (Å²) in [5, 5.41) is 11.7. The number of amides is 1. The van der Waals surface area contributed by atoms with Crippen LogP contribution in [0.4, 0.5) is 14.5 Å². The highest BCUT2D eigenvalue weighted by atomic mass is 19.1. The number of nitrogens with one attached hydrogen (secondary N) is 1. The van der Waals surface area contributed by atoms with Crippen molar-refractivity contribution in [3.05, 3.63) is 59.4 Å². The number of carbonyl (C=O) groups is 1. The molecule has 1 aromatic heterocycles. The van der Waals surface area contributed by atoms with Gasteiger partial charge in [-0.05, 0) is 37.1 Å². The number of hydrogen-bond donors (Lipinski definition) is 1. The molecule has 128 valence electrons. The first-order chi connectivity index (χ1) is 12.1. The van der Waals surface area contributed by atoms with E-state index >= 15 is 0 Å². The quantitative estimate of drug-likeness (QED) is 0.871. The molecule has 1 aliphatic heterocycles. The Morgan fingerprint density at radius 1 is 1.32 bits per heavy atom. The molecule has 1 saturated heterocycles. The summed E-state index contributed by atoms with van der Waals surface area (Å²) < 4.78 is 27.3. The summed E-state index contributed by atoms with van der Waals surface area (Å²) in [6, 6.07) is 8.61. The number of nitriles is 1. The van der Waals surface area contributed by atoms with Crippen LogP contribution in [0, 0.1) is 23.1 Å². The summed E-state index contributed by atoms with van der Waals surface area (Å²) in [4.78, 5) is 17.5. The van der Waals surface area contributed by atoms with Gasteiger partial charge in [-0.3, -0.25) is 4.79 Å². The second-order valence-electron chi connectivity index (χ2n) is 5.90. The van der Waals surface area contributed by atoms with E-state index in [2.05, 4.69) is 10.3 Å². The molecule has 2 aromatic rings. The number of nitrogens with zero attached hydrogens (tertiary/aromatic N) is 3. The van der Waals surface area contributed by atoms with Gasteiger partial charge in [-0.25, -0.2) is 9.37 Å². The van der Waals surface area contributed by atoms with Gasteiger partial charge < -0.3 is 10.2 Å². The van der Waals surface area contributed by atoms with Gasteiger partial charge in [0.15, 0.2) is 0 Å². The van der Waals surface area contributed by atoms with Crippen LogP contribution in [-0.4, -0.2) is 30.0 Å². The van der Waals surface area contributed by atoms with Gasteiger partial charge in [-0.2, -0.15) is 9.65 Å². The third-order valence-electron chi connectivity index (χ3n) is 4.16. The molecule has 0 unspecified atom stereocenters.